The van der Waals surface area contributed by atoms with Gasteiger partial charge >= 0.3 is 5.97 Å². The van der Waals surface area contributed by atoms with Crippen molar-refractivity contribution in [2.75, 3.05) is 20.3 Å². The van der Waals surface area contributed by atoms with Crippen molar-refractivity contribution in [3.8, 4) is 0 Å². The molecule has 1 aliphatic rings. The van der Waals surface area contributed by atoms with Crippen molar-refractivity contribution in [1.29, 1.82) is 0 Å². The van der Waals surface area contributed by atoms with Gasteiger partial charge in [-0.2, -0.15) is 0 Å². The molecule has 1 unspecified atom stereocenters. The predicted molar refractivity (Wildman–Crippen MR) is 119 cm³/mol. The van der Waals surface area contributed by atoms with Gasteiger partial charge in [-0.05, 0) is 53.5 Å². The monoisotopic (exact) mass is 403 g/mol. The van der Waals surface area contributed by atoms with Crippen LogP contribution in [0.1, 0.15) is 67.7 Å². The molecule has 0 aromatic heterocycles. The minimum absolute atomic E-state index is 0.394. The maximum absolute atomic E-state index is 9.84. The average molecular weight is 404 g/mol. The maximum Gasteiger partial charge on any atom is 0.329 e. The average Bonchev–Trinajstić information content (AvgIpc) is 3.19. The van der Waals surface area contributed by atoms with E-state index in [1.54, 1.807) is 6.26 Å². The van der Waals surface area contributed by atoms with Gasteiger partial charge in [0.25, 0.3) is 0 Å². The van der Waals surface area contributed by atoms with Crippen molar-refractivity contribution in [2.45, 2.75) is 79.6 Å². The van der Waals surface area contributed by atoms with Gasteiger partial charge in [0, 0.05) is 12.1 Å². The van der Waals surface area contributed by atoms with E-state index < -0.39 is 11.8 Å². The Balaban J connectivity index is -0.000000145. The number of esters is 1. The molecule has 6 heteroatoms. The summed E-state index contributed by atoms with van der Waals surface area (Å²) in [7, 11) is 1.31. The summed E-state index contributed by atoms with van der Waals surface area (Å²) in [6.45, 7) is 17.8. The number of aliphatic hydroxyl groups is 2. The Hall–Kier alpha value is -1.63. The zero-order valence-corrected chi connectivity index (χ0v) is 19.3. The summed E-state index contributed by atoms with van der Waals surface area (Å²) in [5, 5.41) is 19.5. The second-order valence-corrected chi connectivity index (χ2v) is 5.80. The van der Waals surface area contributed by atoms with Gasteiger partial charge in [0.2, 0.25) is 0 Å². The quantitative estimate of drug-likeness (QED) is 0.208. The molecule has 28 heavy (non-hydrogen) atoms. The van der Waals surface area contributed by atoms with E-state index in [0.717, 1.165) is 25.6 Å². The molecule has 1 aliphatic heterocycles. The van der Waals surface area contributed by atoms with Crippen molar-refractivity contribution in [2.24, 2.45) is 0 Å². The van der Waals surface area contributed by atoms with E-state index in [-0.39, 0.29) is 0 Å². The molecular weight excluding hydrogens is 358 g/mol. The van der Waals surface area contributed by atoms with Crippen LogP contribution < -0.4 is 5.32 Å². The number of hydrogen-bond donors (Lipinski definition) is 3. The van der Waals surface area contributed by atoms with Gasteiger partial charge < -0.3 is 25.0 Å². The minimum Gasteiger partial charge on any atom is -0.500 e. The summed E-state index contributed by atoms with van der Waals surface area (Å²) in [6.07, 6.45) is 12.6. The maximum atomic E-state index is 9.84. The highest BCUT2D eigenvalue weighted by Gasteiger charge is 2.12. The van der Waals surface area contributed by atoms with Crippen LogP contribution in [0.25, 0.3) is 0 Å². The standard InChI is InChI=1S/C9H17NO.C4H6O2.C4H8.C3H8O2.C2H6/c1-2-3-7-11-8-9-5-4-6-10-9;1-3-4(5)6-2;1-3-4-2;1-3(2,4)5;1-2/h3,7,9-10H,2,4-6,8H2,1H3;3H,1H2,2H3;3-4H,1-2H3;4-5H,1-2H3;1-2H3/b7-3+;;4-3-;;. The summed E-state index contributed by atoms with van der Waals surface area (Å²) < 4.78 is 9.46. The zero-order valence-electron chi connectivity index (χ0n) is 19.3. The van der Waals surface area contributed by atoms with E-state index in [2.05, 4.69) is 23.6 Å². The van der Waals surface area contributed by atoms with Crippen LogP contribution in [-0.4, -0.2) is 48.3 Å². The number of carbonyl (C=O) groups is 1. The predicted octanol–water partition coefficient (Wildman–Crippen LogP) is 4.34. The first-order valence-corrected chi connectivity index (χ1v) is 9.88. The Labute approximate surface area is 173 Å². The molecule has 1 rings (SSSR count). The molecule has 0 aromatic carbocycles. The molecular formula is C22H45NO5. The van der Waals surface area contributed by atoms with Gasteiger partial charge in [-0.1, -0.05) is 45.6 Å². The molecule has 1 atom stereocenters. The number of hydrogen-bond acceptors (Lipinski definition) is 6. The lowest BCUT2D eigenvalue weighted by molar-refractivity contribution is -0.134. The van der Waals surface area contributed by atoms with Crippen molar-refractivity contribution in [3.63, 3.8) is 0 Å². The van der Waals surface area contributed by atoms with Gasteiger partial charge in [-0.3, -0.25) is 0 Å². The van der Waals surface area contributed by atoms with E-state index >= 15 is 0 Å². The van der Waals surface area contributed by atoms with Gasteiger partial charge in [0.05, 0.1) is 13.4 Å². The third kappa shape index (κ3) is 49.7. The summed E-state index contributed by atoms with van der Waals surface area (Å²) >= 11 is 0. The first kappa shape index (κ1) is 33.9. The van der Waals surface area contributed by atoms with Crippen LogP contribution in [0.5, 0.6) is 0 Å². The lowest BCUT2D eigenvalue weighted by Crippen LogP contribution is -2.25. The number of rotatable bonds is 5. The van der Waals surface area contributed by atoms with Crippen LogP contribution in [0.2, 0.25) is 0 Å². The Bertz CT molecular complexity index is 358. The molecule has 0 saturated carbocycles. The molecule has 168 valence electrons. The van der Waals surface area contributed by atoms with Crippen LogP contribution in [0.3, 0.4) is 0 Å². The third-order valence-electron chi connectivity index (χ3n) is 2.59. The van der Waals surface area contributed by atoms with E-state index in [0.29, 0.717) is 6.04 Å². The summed E-state index contributed by atoms with van der Waals surface area (Å²) in [6, 6.07) is 0.594. The normalized spacial score (nSPS) is 14.9. The van der Waals surface area contributed by atoms with Crippen molar-refractivity contribution < 1.29 is 24.5 Å². The Morgan fingerprint density at radius 2 is 1.75 bits per heavy atom. The number of allylic oxidation sites excluding steroid dienone is 3. The molecule has 3 N–H and O–H groups in total. The molecule has 0 radical (unpaired) electrons. The number of nitrogens with one attached hydrogen (secondary N) is 1. The van der Waals surface area contributed by atoms with E-state index in [1.165, 1.54) is 33.8 Å². The number of methoxy groups -OCH3 is 1. The topological polar surface area (TPSA) is 88.0 Å². The lowest BCUT2D eigenvalue weighted by atomic mass is 10.2. The largest absolute Gasteiger partial charge is 0.500 e. The fraction of sp³-hybridized carbons (Fsp3) is 0.682. The summed E-state index contributed by atoms with van der Waals surface area (Å²) in [5.41, 5.74) is 0. The zero-order chi connectivity index (χ0) is 22.8. The highest BCUT2D eigenvalue weighted by atomic mass is 16.5. The fourth-order valence-corrected chi connectivity index (χ4v) is 1.32. The minimum atomic E-state index is -1.50. The Morgan fingerprint density at radius 1 is 1.25 bits per heavy atom. The first-order chi connectivity index (χ1) is 13.2. The smallest absolute Gasteiger partial charge is 0.329 e. The molecule has 0 bridgehead atoms. The highest BCUT2D eigenvalue weighted by Crippen LogP contribution is 2.04. The van der Waals surface area contributed by atoms with Gasteiger partial charge in [0.1, 0.15) is 6.61 Å². The summed E-state index contributed by atoms with van der Waals surface area (Å²) in [4.78, 5) is 9.84. The van der Waals surface area contributed by atoms with Crippen molar-refractivity contribution >= 4 is 5.97 Å². The van der Waals surface area contributed by atoms with Crippen molar-refractivity contribution in [1.82, 2.24) is 5.32 Å². The van der Waals surface area contributed by atoms with Crippen LogP contribution >= 0.6 is 0 Å². The number of ether oxygens (including phenoxy) is 2. The van der Waals surface area contributed by atoms with Gasteiger partial charge in [0.15, 0.2) is 5.79 Å². The molecule has 0 aromatic rings. The second kappa shape index (κ2) is 27.6. The highest BCUT2D eigenvalue weighted by molar-refractivity contribution is 5.80. The summed E-state index contributed by atoms with van der Waals surface area (Å²) in [5.74, 6) is -1.89. The van der Waals surface area contributed by atoms with Gasteiger partial charge in [-0.25, -0.2) is 4.79 Å². The Kier molecular flexibility index (Phi) is 33.4. The van der Waals surface area contributed by atoms with Gasteiger partial charge in [-0.15, -0.1) is 0 Å². The van der Waals surface area contributed by atoms with Crippen LogP contribution in [0, 0.1) is 0 Å². The van der Waals surface area contributed by atoms with E-state index in [1.807, 2.05) is 45.9 Å². The lowest BCUT2D eigenvalue weighted by Gasteiger charge is -2.08. The van der Waals surface area contributed by atoms with Crippen LogP contribution in [0.4, 0.5) is 0 Å². The van der Waals surface area contributed by atoms with Crippen LogP contribution in [-0.2, 0) is 14.3 Å². The second-order valence-electron chi connectivity index (χ2n) is 5.80. The molecule has 0 amide bonds. The molecule has 0 aliphatic carbocycles. The first-order valence-electron chi connectivity index (χ1n) is 9.88. The SMILES string of the molecule is C/C=C\C.C=CC(=O)OC.CC.CC(C)(O)O.CC/C=C/OCC1CCCN1. The molecule has 0 spiro atoms. The fourth-order valence-electron chi connectivity index (χ4n) is 1.32. The molecule has 1 heterocycles. The van der Waals surface area contributed by atoms with E-state index in [9.17, 15) is 4.79 Å². The molecule has 1 fully saturated rings. The van der Waals surface area contributed by atoms with E-state index in [4.69, 9.17) is 14.9 Å². The van der Waals surface area contributed by atoms with Crippen LogP contribution in [0.15, 0.2) is 37.1 Å². The number of carbonyl (C=O) groups excluding carboxylic acids is 1. The molecule has 6 nitrogen and oxygen atoms in total. The third-order valence-corrected chi connectivity index (χ3v) is 2.59. The molecule has 1 saturated heterocycles. The Morgan fingerprint density at radius 3 is 2.00 bits per heavy atom. The van der Waals surface area contributed by atoms with Crippen molar-refractivity contribution in [3.05, 3.63) is 37.1 Å².